The molecule has 2 aromatic carbocycles. The highest BCUT2D eigenvalue weighted by Crippen LogP contribution is 2.38. The first-order valence-corrected chi connectivity index (χ1v) is 6.55. The van der Waals surface area contributed by atoms with E-state index in [4.69, 9.17) is 23.2 Å². The third kappa shape index (κ3) is 3.15. The standard InChI is InChI=1S/C14H12Cl2N2O2/c1-8-10(15)7-11(13(19)12(8)16)18-14(20)17-9-5-3-2-4-6-9/h2-7,19H,1H3,(H2,17,18,20). The fraction of sp³-hybridized carbons (Fsp3) is 0.0714. The maximum absolute atomic E-state index is 11.8. The molecule has 0 aliphatic carbocycles. The van der Waals surface area contributed by atoms with Gasteiger partial charge >= 0.3 is 6.03 Å². The Balaban J connectivity index is 2.16. The number of hydrogen-bond donors (Lipinski definition) is 3. The van der Waals surface area contributed by atoms with Gasteiger partial charge in [0.2, 0.25) is 0 Å². The topological polar surface area (TPSA) is 61.4 Å². The van der Waals surface area contributed by atoms with E-state index in [9.17, 15) is 9.90 Å². The smallest absolute Gasteiger partial charge is 0.323 e. The molecule has 2 rings (SSSR count). The van der Waals surface area contributed by atoms with Crippen molar-refractivity contribution in [2.45, 2.75) is 6.92 Å². The van der Waals surface area contributed by atoms with Gasteiger partial charge in [0.15, 0.2) is 5.75 Å². The predicted molar refractivity (Wildman–Crippen MR) is 81.9 cm³/mol. The number of para-hydroxylation sites is 1. The third-order valence-corrected chi connectivity index (χ3v) is 3.56. The van der Waals surface area contributed by atoms with Crippen molar-refractivity contribution >= 4 is 40.6 Å². The van der Waals surface area contributed by atoms with Crippen LogP contribution in [0.5, 0.6) is 5.75 Å². The lowest BCUT2D eigenvalue weighted by atomic mass is 10.2. The molecule has 4 nitrogen and oxygen atoms in total. The van der Waals surface area contributed by atoms with Crippen molar-refractivity contribution in [3.8, 4) is 5.75 Å². The number of aromatic hydroxyl groups is 1. The maximum atomic E-state index is 11.8. The highest BCUT2D eigenvalue weighted by molar-refractivity contribution is 6.37. The number of urea groups is 1. The van der Waals surface area contributed by atoms with E-state index in [-0.39, 0.29) is 16.5 Å². The Morgan fingerprint density at radius 1 is 1.15 bits per heavy atom. The number of anilines is 2. The lowest BCUT2D eigenvalue weighted by Gasteiger charge is -2.12. The molecule has 0 bridgehead atoms. The summed E-state index contributed by atoms with van der Waals surface area (Å²) >= 11 is 11.9. The molecule has 6 heteroatoms. The van der Waals surface area contributed by atoms with Gasteiger partial charge in [0, 0.05) is 10.7 Å². The highest BCUT2D eigenvalue weighted by atomic mass is 35.5. The Morgan fingerprint density at radius 3 is 2.45 bits per heavy atom. The monoisotopic (exact) mass is 310 g/mol. The Hall–Kier alpha value is -1.91. The van der Waals surface area contributed by atoms with Crippen LogP contribution in [0, 0.1) is 6.92 Å². The number of phenols is 1. The lowest BCUT2D eigenvalue weighted by Crippen LogP contribution is -2.19. The molecule has 0 fully saturated rings. The molecule has 20 heavy (non-hydrogen) atoms. The molecule has 0 aliphatic heterocycles. The molecule has 3 N–H and O–H groups in total. The van der Waals surface area contributed by atoms with E-state index >= 15 is 0 Å². The van der Waals surface area contributed by atoms with E-state index in [1.165, 1.54) is 6.07 Å². The zero-order chi connectivity index (χ0) is 14.7. The molecule has 2 aromatic rings. The summed E-state index contributed by atoms with van der Waals surface area (Å²) in [5.74, 6) is -0.211. The molecule has 2 amide bonds. The minimum atomic E-state index is -0.498. The largest absolute Gasteiger partial charge is 0.504 e. The first-order chi connectivity index (χ1) is 9.49. The molecule has 0 heterocycles. The molecule has 0 saturated carbocycles. The van der Waals surface area contributed by atoms with E-state index in [0.717, 1.165) is 0 Å². The van der Waals surface area contributed by atoms with E-state index in [0.29, 0.717) is 16.3 Å². The summed E-state index contributed by atoms with van der Waals surface area (Å²) in [6.07, 6.45) is 0. The van der Waals surface area contributed by atoms with Gasteiger partial charge in [-0.1, -0.05) is 41.4 Å². The minimum absolute atomic E-state index is 0.118. The number of phenolic OH excluding ortho intramolecular Hbond substituents is 1. The van der Waals surface area contributed by atoms with Crippen molar-refractivity contribution in [1.82, 2.24) is 0 Å². The molecule has 0 atom stereocenters. The number of rotatable bonds is 2. The molecule has 0 unspecified atom stereocenters. The summed E-state index contributed by atoms with van der Waals surface area (Å²) < 4.78 is 0. The van der Waals surface area contributed by atoms with Gasteiger partial charge in [-0.05, 0) is 30.7 Å². The van der Waals surface area contributed by atoms with Gasteiger partial charge < -0.3 is 15.7 Å². The lowest BCUT2D eigenvalue weighted by molar-refractivity contribution is 0.262. The van der Waals surface area contributed by atoms with Crippen LogP contribution in [0.25, 0.3) is 0 Å². The van der Waals surface area contributed by atoms with Crippen LogP contribution >= 0.6 is 23.2 Å². The maximum Gasteiger partial charge on any atom is 0.323 e. The Labute approximate surface area is 126 Å². The Bertz CT molecular complexity index is 645. The van der Waals surface area contributed by atoms with Crippen LogP contribution in [0.2, 0.25) is 10.0 Å². The van der Waals surface area contributed by atoms with E-state index in [2.05, 4.69) is 10.6 Å². The van der Waals surface area contributed by atoms with Crippen molar-refractivity contribution in [2.24, 2.45) is 0 Å². The van der Waals surface area contributed by atoms with E-state index in [1.807, 2.05) is 6.07 Å². The number of amides is 2. The highest BCUT2D eigenvalue weighted by Gasteiger charge is 2.14. The van der Waals surface area contributed by atoms with E-state index < -0.39 is 6.03 Å². The second kappa shape index (κ2) is 6.03. The number of halogens is 2. The van der Waals surface area contributed by atoms with Crippen LogP contribution in [0.4, 0.5) is 16.2 Å². The van der Waals surface area contributed by atoms with Crippen molar-refractivity contribution in [1.29, 1.82) is 0 Å². The second-order valence-corrected chi connectivity index (χ2v) is 4.92. The number of carbonyl (C=O) groups is 1. The van der Waals surface area contributed by atoms with Crippen LogP contribution in [0.1, 0.15) is 5.56 Å². The number of carbonyl (C=O) groups excluding carboxylic acids is 1. The van der Waals surface area contributed by atoms with Crippen LogP contribution in [-0.4, -0.2) is 11.1 Å². The molecular weight excluding hydrogens is 299 g/mol. The van der Waals surface area contributed by atoms with Gasteiger partial charge in [-0.25, -0.2) is 4.79 Å². The Kier molecular flexibility index (Phi) is 4.37. The predicted octanol–water partition coefficient (Wildman–Crippen LogP) is 4.65. The van der Waals surface area contributed by atoms with Crippen molar-refractivity contribution in [3.05, 3.63) is 52.0 Å². The van der Waals surface area contributed by atoms with Crippen molar-refractivity contribution < 1.29 is 9.90 Å². The molecule has 0 radical (unpaired) electrons. The molecular formula is C14H12Cl2N2O2. The van der Waals surface area contributed by atoms with Crippen LogP contribution in [0.15, 0.2) is 36.4 Å². The van der Waals surface area contributed by atoms with Crippen LogP contribution in [-0.2, 0) is 0 Å². The normalized spacial score (nSPS) is 10.2. The first kappa shape index (κ1) is 14.5. The summed E-state index contributed by atoms with van der Waals surface area (Å²) in [6.45, 7) is 1.68. The van der Waals surface area contributed by atoms with Gasteiger partial charge in [-0.15, -0.1) is 0 Å². The fourth-order valence-electron chi connectivity index (χ4n) is 1.61. The zero-order valence-electron chi connectivity index (χ0n) is 10.6. The number of hydrogen-bond acceptors (Lipinski definition) is 2. The summed E-state index contributed by atoms with van der Waals surface area (Å²) in [6, 6.07) is 9.88. The second-order valence-electron chi connectivity index (χ2n) is 4.14. The number of nitrogens with one attached hydrogen (secondary N) is 2. The summed E-state index contributed by atoms with van der Waals surface area (Å²) in [5, 5.41) is 15.5. The molecule has 0 spiro atoms. The summed E-state index contributed by atoms with van der Waals surface area (Å²) in [7, 11) is 0. The number of benzene rings is 2. The SMILES string of the molecule is Cc1c(Cl)cc(NC(=O)Nc2ccccc2)c(O)c1Cl. The van der Waals surface area contributed by atoms with Gasteiger partial charge in [-0.2, -0.15) is 0 Å². The average Bonchev–Trinajstić information content (AvgIpc) is 2.43. The van der Waals surface area contributed by atoms with Gasteiger partial charge in [-0.3, -0.25) is 0 Å². The van der Waals surface area contributed by atoms with Crippen molar-refractivity contribution in [3.63, 3.8) is 0 Å². The van der Waals surface area contributed by atoms with Gasteiger partial charge in [0.25, 0.3) is 0 Å². The minimum Gasteiger partial charge on any atom is -0.504 e. The molecule has 0 saturated heterocycles. The fourth-order valence-corrected chi connectivity index (χ4v) is 2.06. The molecule has 0 aliphatic rings. The van der Waals surface area contributed by atoms with Crippen LogP contribution in [0.3, 0.4) is 0 Å². The van der Waals surface area contributed by atoms with Gasteiger partial charge in [0.05, 0.1) is 10.7 Å². The third-order valence-electron chi connectivity index (χ3n) is 2.70. The average molecular weight is 311 g/mol. The zero-order valence-corrected chi connectivity index (χ0v) is 12.1. The first-order valence-electron chi connectivity index (χ1n) is 5.79. The molecule has 0 aromatic heterocycles. The summed E-state index contributed by atoms with van der Waals surface area (Å²) in [4.78, 5) is 11.8. The van der Waals surface area contributed by atoms with E-state index in [1.54, 1.807) is 31.2 Å². The quantitative estimate of drug-likeness (QED) is 0.707. The van der Waals surface area contributed by atoms with Gasteiger partial charge in [0.1, 0.15) is 0 Å². The van der Waals surface area contributed by atoms with Crippen LogP contribution < -0.4 is 10.6 Å². The molecule has 104 valence electrons. The Morgan fingerprint density at radius 2 is 1.80 bits per heavy atom. The van der Waals surface area contributed by atoms with Crippen molar-refractivity contribution in [2.75, 3.05) is 10.6 Å². The summed E-state index contributed by atoms with van der Waals surface area (Å²) in [5.41, 5.74) is 1.34.